The summed E-state index contributed by atoms with van der Waals surface area (Å²) < 4.78 is 40.1. The molecule has 0 aliphatic carbocycles. The van der Waals surface area contributed by atoms with Gasteiger partial charge in [0.2, 0.25) is 11.8 Å². The average Bonchev–Trinajstić information content (AvgIpc) is 2.55. The quantitative estimate of drug-likeness (QED) is 0.880. The topological polar surface area (TPSA) is 58.6 Å². The largest absolute Gasteiger partial charge is 0.573 e. The number of hydrogen-bond acceptors (Lipinski definition) is 3. The number of benzene rings is 1. The summed E-state index contributed by atoms with van der Waals surface area (Å²) in [5.74, 6) is -0.811. The number of likely N-dealkylation sites (tertiary alicyclic amines) is 1. The van der Waals surface area contributed by atoms with Gasteiger partial charge in [-0.1, -0.05) is 12.1 Å². The van der Waals surface area contributed by atoms with Crippen LogP contribution < -0.4 is 10.1 Å². The van der Waals surface area contributed by atoms with Gasteiger partial charge in [0.15, 0.2) is 0 Å². The van der Waals surface area contributed by atoms with Crippen molar-refractivity contribution in [1.82, 2.24) is 10.2 Å². The number of halogens is 3. The molecule has 1 aliphatic heterocycles. The Bertz CT molecular complexity index is 596. The third kappa shape index (κ3) is 6.28. The summed E-state index contributed by atoms with van der Waals surface area (Å²) in [5.41, 5.74) is 0.532. The maximum Gasteiger partial charge on any atom is 0.573 e. The Kier molecular flexibility index (Phi) is 6.27. The molecule has 0 saturated carbocycles. The van der Waals surface area contributed by atoms with E-state index in [4.69, 9.17) is 0 Å². The van der Waals surface area contributed by atoms with Crippen LogP contribution in [0.15, 0.2) is 24.3 Å². The minimum Gasteiger partial charge on any atom is -0.406 e. The Balaban J connectivity index is 1.83. The molecule has 25 heavy (non-hydrogen) atoms. The number of hydrogen-bond donors (Lipinski definition) is 1. The van der Waals surface area contributed by atoms with E-state index in [-0.39, 0.29) is 24.0 Å². The molecule has 138 valence electrons. The zero-order valence-corrected chi connectivity index (χ0v) is 13.9. The second-order valence-corrected chi connectivity index (χ2v) is 6.04. The summed E-state index contributed by atoms with van der Waals surface area (Å²) in [6.07, 6.45) is -1.72. The van der Waals surface area contributed by atoms with Gasteiger partial charge in [-0.3, -0.25) is 9.59 Å². The third-order valence-corrected chi connectivity index (χ3v) is 3.94. The molecule has 0 radical (unpaired) electrons. The Morgan fingerprint density at radius 2 is 1.76 bits per heavy atom. The maximum atomic E-state index is 12.3. The number of nitrogens with zero attached hydrogens (tertiary/aromatic N) is 1. The summed E-state index contributed by atoms with van der Waals surface area (Å²) in [6, 6.07) is 4.45. The number of nitrogens with one attached hydrogen (secondary N) is 1. The fraction of sp³-hybridized carbons (Fsp3) is 0.529. The van der Waals surface area contributed by atoms with Crippen molar-refractivity contribution in [3.63, 3.8) is 0 Å². The molecule has 1 N–H and O–H groups in total. The van der Waals surface area contributed by atoms with Gasteiger partial charge in [-0.25, -0.2) is 0 Å². The smallest absolute Gasteiger partial charge is 0.406 e. The van der Waals surface area contributed by atoms with Crippen LogP contribution in [0.5, 0.6) is 5.75 Å². The number of carbonyl (C=O) groups excluding carboxylic acids is 2. The summed E-state index contributed by atoms with van der Waals surface area (Å²) in [7, 11) is 0. The van der Waals surface area contributed by atoms with Crippen molar-refractivity contribution in [2.45, 2.75) is 45.0 Å². The molecule has 1 aromatic carbocycles. The van der Waals surface area contributed by atoms with E-state index in [2.05, 4.69) is 10.1 Å². The van der Waals surface area contributed by atoms with Crippen molar-refractivity contribution in [2.24, 2.45) is 0 Å². The molecule has 0 aromatic heterocycles. The fourth-order valence-electron chi connectivity index (χ4n) is 2.74. The number of alkyl halides is 3. The van der Waals surface area contributed by atoms with Gasteiger partial charge in [-0.2, -0.15) is 0 Å². The van der Waals surface area contributed by atoms with Crippen LogP contribution in [0.4, 0.5) is 13.2 Å². The summed E-state index contributed by atoms with van der Waals surface area (Å²) in [6.45, 7) is 3.05. The van der Waals surface area contributed by atoms with E-state index >= 15 is 0 Å². The van der Waals surface area contributed by atoms with Crippen LogP contribution >= 0.6 is 0 Å². The molecule has 8 heteroatoms. The summed E-state index contributed by atoms with van der Waals surface area (Å²) in [4.78, 5) is 26.0. The molecule has 1 aliphatic rings. The van der Waals surface area contributed by atoms with Crippen molar-refractivity contribution in [3.8, 4) is 5.75 Å². The van der Waals surface area contributed by atoms with Crippen molar-refractivity contribution >= 4 is 11.8 Å². The lowest BCUT2D eigenvalue weighted by Crippen LogP contribution is -2.48. The van der Waals surface area contributed by atoms with Crippen molar-refractivity contribution in [1.29, 1.82) is 0 Å². The normalized spacial score (nSPS) is 16.2. The first-order chi connectivity index (χ1) is 11.7. The van der Waals surface area contributed by atoms with Gasteiger partial charge >= 0.3 is 6.36 Å². The molecule has 1 atom stereocenters. The van der Waals surface area contributed by atoms with Gasteiger partial charge in [-0.15, -0.1) is 13.2 Å². The second-order valence-electron chi connectivity index (χ2n) is 6.04. The van der Waals surface area contributed by atoms with Crippen molar-refractivity contribution < 1.29 is 27.5 Å². The van der Waals surface area contributed by atoms with Gasteiger partial charge in [-0.05, 0) is 43.9 Å². The molecule has 1 heterocycles. The minimum atomic E-state index is -4.75. The summed E-state index contributed by atoms with van der Waals surface area (Å²) in [5, 5.41) is 2.64. The third-order valence-electron chi connectivity index (χ3n) is 3.94. The highest BCUT2D eigenvalue weighted by Crippen LogP contribution is 2.22. The van der Waals surface area contributed by atoms with Gasteiger partial charge in [0.05, 0.1) is 6.42 Å². The Labute approximate surface area is 144 Å². The Hall–Kier alpha value is -2.25. The summed E-state index contributed by atoms with van der Waals surface area (Å²) >= 11 is 0. The van der Waals surface area contributed by atoms with Gasteiger partial charge in [0, 0.05) is 13.1 Å². The minimum absolute atomic E-state index is 0.0239. The second kappa shape index (κ2) is 8.22. The van der Waals surface area contributed by atoms with Crippen LogP contribution in [0.3, 0.4) is 0 Å². The first-order valence-electron chi connectivity index (χ1n) is 8.17. The van der Waals surface area contributed by atoms with Crippen LogP contribution in [0.2, 0.25) is 0 Å². The highest BCUT2D eigenvalue weighted by molar-refractivity contribution is 5.88. The van der Waals surface area contributed by atoms with E-state index in [0.29, 0.717) is 18.7 Å². The number of carbonyl (C=O) groups is 2. The molecule has 2 amide bonds. The average molecular weight is 358 g/mol. The molecule has 2 rings (SSSR count). The predicted octanol–water partition coefficient (Wildman–Crippen LogP) is 2.64. The fourth-order valence-corrected chi connectivity index (χ4v) is 2.74. The van der Waals surface area contributed by atoms with Crippen molar-refractivity contribution in [3.05, 3.63) is 29.8 Å². The SMILES string of the molecule is CC(NC(=O)Cc1ccc(OC(F)(F)F)cc1)C(=O)N1CCCCC1. The van der Waals surface area contributed by atoms with E-state index in [9.17, 15) is 22.8 Å². The van der Waals surface area contributed by atoms with E-state index in [1.165, 1.54) is 12.1 Å². The van der Waals surface area contributed by atoms with Crippen LogP contribution in [0.25, 0.3) is 0 Å². The molecule has 5 nitrogen and oxygen atoms in total. The van der Waals surface area contributed by atoms with E-state index < -0.39 is 12.4 Å². The highest BCUT2D eigenvalue weighted by Gasteiger charge is 2.31. The molecule has 1 aromatic rings. The van der Waals surface area contributed by atoms with Crippen LogP contribution in [0, 0.1) is 0 Å². The van der Waals surface area contributed by atoms with Crippen LogP contribution in [-0.2, 0) is 16.0 Å². The molecule has 0 bridgehead atoms. The highest BCUT2D eigenvalue weighted by atomic mass is 19.4. The molecular weight excluding hydrogens is 337 g/mol. The maximum absolute atomic E-state index is 12.3. The van der Waals surface area contributed by atoms with Gasteiger partial charge < -0.3 is 15.0 Å². The number of piperidine rings is 1. The molecule has 1 unspecified atom stereocenters. The van der Waals surface area contributed by atoms with Crippen LogP contribution in [-0.4, -0.2) is 42.2 Å². The van der Waals surface area contributed by atoms with Gasteiger partial charge in [0.1, 0.15) is 11.8 Å². The molecule has 0 spiro atoms. The lowest BCUT2D eigenvalue weighted by molar-refractivity contribution is -0.274. The Morgan fingerprint density at radius 1 is 1.16 bits per heavy atom. The predicted molar refractivity (Wildman–Crippen MR) is 84.9 cm³/mol. The zero-order valence-electron chi connectivity index (χ0n) is 13.9. The number of rotatable bonds is 5. The van der Waals surface area contributed by atoms with E-state index in [0.717, 1.165) is 31.4 Å². The standard InChI is InChI=1S/C17H21F3N2O3/c1-12(16(24)22-9-3-2-4-10-22)21-15(23)11-13-5-7-14(8-6-13)25-17(18,19)20/h5-8,12H,2-4,9-11H2,1H3,(H,21,23). The van der Waals surface area contributed by atoms with E-state index in [1.54, 1.807) is 11.8 Å². The number of amides is 2. The molecule has 1 fully saturated rings. The zero-order chi connectivity index (χ0) is 18.4. The van der Waals surface area contributed by atoms with E-state index in [1.807, 2.05) is 0 Å². The first-order valence-corrected chi connectivity index (χ1v) is 8.17. The Morgan fingerprint density at radius 3 is 2.32 bits per heavy atom. The van der Waals surface area contributed by atoms with Gasteiger partial charge in [0.25, 0.3) is 0 Å². The lowest BCUT2D eigenvalue weighted by atomic mass is 10.1. The molecular formula is C17H21F3N2O3. The molecule has 1 saturated heterocycles. The monoisotopic (exact) mass is 358 g/mol. The lowest BCUT2D eigenvalue weighted by Gasteiger charge is -2.29. The van der Waals surface area contributed by atoms with Crippen molar-refractivity contribution in [2.75, 3.05) is 13.1 Å². The first kappa shape index (κ1) is 19.1. The number of ether oxygens (including phenoxy) is 1. The van der Waals surface area contributed by atoms with Crippen LogP contribution in [0.1, 0.15) is 31.7 Å².